The van der Waals surface area contributed by atoms with Gasteiger partial charge < -0.3 is 9.84 Å². The fourth-order valence-corrected chi connectivity index (χ4v) is 3.30. The Morgan fingerprint density at radius 2 is 1.78 bits per heavy atom. The number of ketones is 1. The van der Waals surface area contributed by atoms with E-state index < -0.39 is 12.1 Å². The number of carboxylic acids is 1. The van der Waals surface area contributed by atoms with Crippen molar-refractivity contribution in [1.82, 2.24) is 9.55 Å². The van der Waals surface area contributed by atoms with Gasteiger partial charge in [-0.3, -0.25) is 9.36 Å². The molecule has 0 aliphatic heterocycles. The first kappa shape index (κ1) is 21.1. The Bertz CT molecular complexity index is 1320. The largest absolute Gasteiger partial charge is 0.479 e. The molecule has 0 saturated carbocycles. The molecule has 32 heavy (non-hydrogen) atoms. The van der Waals surface area contributed by atoms with Gasteiger partial charge in [0.2, 0.25) is 5.78 Å². The van der Waals surface area contributed by atoms with Gasteiger partial charge in [-0.2, -0.15) is 0 Å². The van der Waals surface area contributed by atoms with Crippen molar-refractivity contribution in [3.63, 3.8) is 0 Å². The zero-order valence-corrected chi connectivity index (χ0v) is 17.7. The highest BCUT2D eigenvalue weighted by Gasteiger charge is 2.18. The number of nitrogens with zero attached hydrogens (tertiary/aromatic N) is 2. The number of imidazole rings is 1. The van der Waals surface area contributed by atoms with Gasteiger partial charge in [-0.25, -0.2) is 9.78 Å². The van der Waals surface area contributed by atoms with E-state index in [0.717, 1.165) is 22.2 Å². The molecule has 0 unspecified atom stereocenters. The van der Waals surface area contributed by atoms with Gasteiger partial charge in [0.1, 0.15) is 5.75 Å². The Labute approximate surface area is 185 Å². The molecular formula is C26H22N2O4. The van der Waals surface area contributed by atoms with Crippen LogP contribution in [-0.2, 0) is 4.79 Å². The number of aliphatic carboxylic acids is 1. The lowest BCUT2D eigenvalue weighted by molar-refractivity contribution is -0.144. The first-order valence-electron chi connectivity index (χ1n) is 10.2. The second kappa shape index (κ2) is 8.89. The number of carboxylic acid groups (broad SMARTS) is 1. The lowest BCUT2D eigenvalue weighted by Crippen LogP contribution is -2.22. The topological polar surface area (TPSA) is 81.4 Å². The number of aromatic nitrogens is 2. The summed E-state index contributed by atoms with van der Waals surface area (Å²) in [5.41, 5.74) is 3.98. The Hall–Kier alpha value is -4.19. The van der Waals surface area contributed by atoms with Crippen LogP contribution in [0.25, 0.3) is 23.3 Å². The summed E-state index contributed by atoms with van der Waals surface area (Å²) in [6.45, 7) is 3.45. The van der Waals surface area contributed by atoms with Crippen LogP contribution in [0.1, 0.15) is 34.2 Å². The van der Waals surface area contributed by atoms with Gasteiger partial charge in [-0.15, -0.1) is 0 Å². The van der Waals surface area contributed by atoms with E-state index in [0.29, 0.717) is 17.1 Å². The van der Waals surface area contributed by atoms with E-state index in [2.05, 4.69) is 4.98 Å². The summed E-state index contributed by atoms with van der Waals surface area (Å²) in [6.07, 6.45) is 2.67. The molecule has 3 aromatic carbocycles. The molecule has 0 spiro atoms. The second-order valence-electron chi connectivity index (χ2n) is 7.48. The van der Waals surface area contributed by atoms with Gasteiger partial charge in [-0.1, -0.05) is 54.1 Å². The number of ether oxygens (including phenoxy) is 1. The maximum Gasteiger partial charge on any atom is 0.344 e. The summed E-state index contributed by atoms with van der Waals surface area (Å²) >= 11 is 0. The van der Waals surface area contributed by atoms with Crippen LogP contribution < -0.4 is 4.74 Å². The molecule has 4 aromatic rings. The summed E-state index contributed by atoms with van der Waals surface area (Å²) in [6, 6.07) is 22.1. The van der Waals surface area contributed by atoms with Crippen LogP contribution in [0.3, 0.4) is 0 Å². The van der Waals surface area contributed by atoms with Crippen molar-refractivity contribution in [3.8, 4) is 5.75 Å². The van der Waals surface area contributed by atoms with E-state index in [-0.39, 0.29) is 5.78 Å². The van der Waals surface area contributed by atoms with Crippen molar-refractivity contribution in [1.29, 1.82) is 0 Å². The Morgan fingerprint density at radius 3 is 2.53 bits per heavy atom. The number of benzene rings is 3. The van der Waals surface area contributed by atoms with E-state index in [9.17, 15) is 9.59 Å². The molecule has 0 saturated heterocycles. The number of hydrogen-bond acceptors (Lipinski definition) is 4. The number of carbonyl (C=O) groups is 2. The Kier molecular flexibility index (Phi) is 5.85. The zero-order chi connectivity index (χ0) is 22.7. The molecule has 0 aliphatic rings. The Balaban J connectivity index is 1.71. The van der Waals surface area contributed by atoms with Crippen molar-refractivity contribution in [2.75, 3.05) is 0 Å². The summed E-state index contributed by atoms with van der Waals surface area (Å²) in [5.74, 6) is -0.431. The number of fused-ring (bicyclic) bond motifs is 1. The van der Waals surface area contributed by atoms with Crippen LogP contribution >= 0.6 is 0 Å². The summed E-state index contributed by atoms with van der Waals surface area (Å²) in [5, 5.41) is 9.05. The molecule has 0 radical (unpaired) electrons. The molecule has 6 nitrogen and oxygen atoms in total. The summed E-state index contributed by atoms with van der Waals surface area (Å²) in [7, 11) is 0. The van der Waals surface area contributed by atoms with Gasteiger partial charge in [-0.05, 0) is 49.8 Å². The average Bonchev–Trinajstić information content (AvgIpc) is 3.16. The predicted octanol–water partition coefficient (Wildman–Crippen LogP) is 5.06. The summed E-state index contributed by atoms with van der Waals surface area (Å²) in [4.78, 5) is 28.8. The van der Waals surface area contributed by atoms with Crippen LogP contribution in [0.15, 0.2) is 72.8 Å². The molecule has 1 atom stereocenters. The number of aryl methyl sites for hydroxylation is 1. The number of para-hydroxylation sites is 2. The van der Waals surface area contributed by atoms with Gasteiger partial charge in [0.05, 0.1) is 11.0 Å². The van der Waals surface area contributed by atoms with Crippen LogP contribution in [0.2, 0.25) is 0 Å². The van der Waals surface area contributed by atoms with Gasteiger partial charge in [0.25, 0.3) is 0 Å². The maximum absolute atomic E-state index is 13.2. The van der Waals surface area contributed by atoms with E-state index in [1.807, 2.05) is 55.5 Å². The lowest BCUT2D eigenvalue weighted by atomic mass is 10.1. The highest BCUT2D eigenvalue weighted by Crippen LogP contribution is 2.21. The molecule has 1 heterocycles. The number of carbonyl (C=O) groups excluding carboxylic acids is 1. The molecular weight excluding hydrogens is 404 g/mol. The average molecular weight is 426 g/mol. The fraction of sp³-hybridized carbons (Fsp3) is 0.115. The van der Waals surface area contributed by atoms with Crippen molar-refractivity contribution in [2.45, 2.75) is 20.0 Å². The van der Waals surface area contributed by atoms with Crippen LogP contribution in [0.4, 0.5) is 0 Å². The summed E-state index contributed by atoms with van der Waals surface area (Å²) < 4.78 is 7.22. The minimum Gasteiger partial charge on any atom is -0.479 e. The molecule has 0 amide bonds. The first-order valence-corrected chi connectivity index (χ1v) is 10.2. The van der Waals surface area contributed by atoms with Crippen molar-refractivity contribution >= 4 is 35.1 Å². The molecule has 160 valence electrons. The third-order valence-electron chi connectivity index (χ3n) is 5.05. The number of hydrogen-bond donors (Lipinski definition) is 1. The molecule has 0 bridgehead atoms. The minimum absolute atomic E-state index is 0.168. The highest BCUT2D eigenvalue weighted by atomic mass is 16.5. The van der Waals surface area contributed by atoms with Crippen LogP contribution in [0, 0.1) is 6.92 Å². The Morgan fingerprint density at radius 1 is 1.03 bits per heavy atom. The quantitative estimate of drug-likeness (QED) is 0.418. The molecule has 1 N–H and O–H groups in total. The third kappa shape index (κ3) is 4.44. The van der Waals surface area contributed by atoms with Crippen LogP contribution in [-0.4, -0.2) is 32.5 Å². The van der Waals surface area contributed by atoms with Crippen molar-refractivity contribution in [2.24, 2.45) is 0 Å². The molecule has 0 aliphatic carbocycles. The van der Waals surface area contributed by atoms with E-state index in [4.69, 9.17) is 9.84 Å². The molecule has 1 aromatic heterocycles. The fourth-order valence-electron chi connectivity index (χ4n) is 3.30. The highest BCUT2D eigenvalue weighted by molar-refractivity contribution is 6.09. The number of rotatable bonds is 7. The van der Waals surface area contributed by atoms with Gasteiger partial charge >= 0.3 is 5.97 Å². The van der Waals surface area contributed by atoms with Crippen molar-refractivity contribution in [3.05, 3.63) is 95.3 Å². The van der Waals surface area contributed by atoms with E-state index >= 15 is 0 Å². The first-order chi connectivity index (χ1) is 15.4. The minimum atomic E-state index is -1.03. The zero-order valence-electron chi connectivity index (χ0n) is 17.7. The maximum atomic E-state index is 13.2. The monoisotopic (exact) mass is 426 g/mol. The van der Waals surface area contributed by atoms with E-state index in [1.54, 1.807) is 41.1 Å². The van der Waals surface area contributed by atoms with Gasteiger partial charge in [0, 0.05) is 11.8 Å². The molecule has 4 rings (SSSR count). The van der Waals surface area contributed by atoms with Gasteiger partial charge in [0.15, 0.2) is 11.9 Å². The smallest absolute Gasteiger partial charge is 0.344 e. The predicted molar refractivity (Wildman–Crippen MR) is 124 cm³/mol. The van der Waals surface area contributed by atoms with Crippen LogP contribution in [0.5, 0.6) is 5.75 Å². The van der Waals surface area contributed by atoms with Crippen molar-refractivity contribution < 1.29 is 19.4 Å². The lowest BCUT2D eigenvalue weighted by Gasteiger charge is -2.10. The normalized spacial score (nSPS) is 12.2. The SMILES string of the molecule is Cc1ccc(C(=O)c2nc3ccccc3n2/C=C/c2cccc(O[C@@H](C)C(=O)O)c2)cc1. The third-order valence-corrected chi connectivity index (χ3v) is 5.05. The molecule has 6 heteroatoms. The van der Waals surface area contributed by atoms with E-state index in [1.165, 1.54) is 6.92 Å². The standard InChI is InChI=1S/C26H22N2O4/c1-17-10-12-20(13-11-17)24(29)25-27-22-8-3-4-9-23(22)28(25)15-14-19-6-5-7-21(16-19)32-18(2)26(30)31/h3-16,18H,1-2H3,(H,30,31)/b15-14+/t18-/m0/s1. The molecule has 0 fully saturated rings. The second-order valence-corrected chi connectivity index (χ2v) is 7.48.